The minimum atomic E-state index is -3.19. The fraction of sp³-hybridized carbons (Fsp3) is 0.273. The van der Waals surface area contributed by atoms with Gasteiger partial charge in [-0.25, -0.2) is 13.6 Å². The summed E-state index contributed by atoms with van der Waals surface area (Å²) in [4.78, 5) is 11.0. The van der Waals surface area contributed by atoms with Gasteiger partial charge in [0.1, 0.15) is 6.04 Å². The second-order valence-electron chi connectivity index (χ2n) is 3.65. The first-order valence-electron chi connectivity index (χ1n) is 4.84. The lowest BCUT2D eigenvalue weighted by Gasteiger charge is -2.31. The molecule has 1 aromatic carbocycles. The van der Waals surface area contributed by atoms with Crippen LogP contribution >= 0.6 is 0 Å². The number of alkyl carbamates (subject to hydrolysis) is 1. The van der Waals surface area contributed by atoms with Crippen molar-refractivity contribution >= 4 is 6.09 Å². The normalized spacial score (nSPS) is 22.2. The van der Waals surface area contributed by atoms with Gasteiger partial charge in [-0.1, -0.05) is 12.1 Å². The van der Waals surface area contributed by atoms with Crippen molar-refractivity contribution in [3.05, 3.63) is 35.4 Å². The number of nitrogens with zero attached hydrogens (tertiary/aromatic N) is 1. The molecule has 88 valence electrons. The van der Waals surface area contributed by atoms with Crippen LogP contribution in [0.4, 0.5) is 13.6 Å². The van der Waals surface area contributed by atoms with E-state index < -0.39 is 24.7 Å². The number of hydrogen-bond acceptors (Lipinski definition) is 3. The SMILES string of the molecule is N#Cc1cccc([C@H]2NC(=O)OCC2(F)F)c1. The summed E-state index contributed by atoms with van der Waals surface area (Å²) < 4.78 is 31.3. The van der Waals surface area contributed by atoms with Gasteiger partial charge >= 0.3 is 12.0 Å². The van der Waals surface area contributed by atoms with Gasteiger partial charge in [0.25, 0.3) is 0 Å². The summed E-state index contributed by atoms with van der Waals surface area (Å²) in [5.74, 6) is -3.19. The molecule has 0 bridgehead atoms. The Hall–Kier alpha value is -2.16. The molecule has 0 unspecified atom stereocenters. The lowest BCUT2D eigenvalue weighted by atomic mass is 9.98. The topological polar surface area (TPSA) is 62.1 Å². The van der Waals surface area contributed by atoms with E-state index in [2.05, 4.69) is 10.1 Å². The molecule has 6 heteroatoms. The second kappa shape index (κ2) is 4.01. The van der Waals surface area contributed by atoms with Crippen LogP contribution in [0.3, 0.4) is 0 Å². The number of halogens is 2. The first-order chi connectivity index (χ1) is 8.03. The van der Waals surface area contributed by atoms with Gasteiger partial charge in [0.05, 0.1) is 11.6 Å². The lowest BCUT2D eigenvalue weighted by Crippen LogP contribution is -2.49. The average molecular weight is 238 g/mol. The van der Waals surface area contributed by atoms with E-state index in [4.69, 9.17) is 5.26 Å². The highest BCUT2D eigenvalue weighted by Crippen LogP contribution is 2.34. The number of benzene rings is 1. The number of nitrogens with one attached hydrogen (secondary N) is 1. The summed E-state index contributed by atoms with van der Waals surface area (Å²) in [7, 11) is 0. The predicted octanol–water partition coefficient (Wildman–Crippen LogP) is 1.97. The number of rotatable bonds is 1. The van der Waals surface area contributed by atoms with Crippen LogP contribution in [-0.2, 0) is 4.74 Å². The molecule has 1 amide bonds. The van der Waals surface area contributed by atoms with Crippen molar-refractivity contribution in [3.8, 4) is 6.07 Å². The quantitative estimate of drug-likeness (QED) is 0.813. The highest BCUT2D eigenvalue weighted by Gasteiger charge is 2.46. The third kappa shape index (κ3) is 2.18. The molecule has 0 saturated carbocycles. The zero-order chi connectivity index (χ0) is 12.5. The Bertz CT molecular complexity index is 496. The summed E-state index contributed by atoms with van der Waals surface area (Å²) in [5, 5.41) is 10.7. The van der Waals surface area contributed by atoms with E-state index in [1.807, 2.05) is 6.07 Å². The van der Waals surface area contributed by atoms with Crippen LogP contribution in [0.25, 0.3) is 0 Å². The fourth-order valence-corrected chi connectivity index (χ4v) is 1.63. The fourth-order valence-electron chi connectivity index (χ4n) is 1.63. The van der Waals surface area contributed by atoms with Crippen LogP contribution in [0.5, 0.6) is 0 Å². The van der Waals surface area contributed by atoms with E-state index in [1.54, 1.807) is 0 Å². The van der Waals surface area contributed by atoms with Crippen molar-refractivity contribution in [2.45, 2.75) is 12.0 Å². The molecule has 1 aliphatic rings. The number of nitriles is 1. The van der Waals surface area contributed by atoms with Crippen LogP contribution in [0.15, 0.2) is 24.3 Å². The predicted molar refractivity (Wildman–Crippen MR) is 53.3 cm³/mol. The second-order valence-corrected chi connectivity index (χ2v) is 3.65. The molecular formula is C11H8F2N2O2. The zero-order valence-corrected chi connectivity index (χ0v) is 8.61. The molecule has 4 nitrogen and oxygen atoms in total. The Balaban J connectivity index is 2.36. The third-order valence-corrected chi connectivity index (χ3v) is 2.43. The maximum Gasteiger partial charge on any atom is 0.408 e. The van der Waals surface area contributed by atoms with Crippen molar-refractivity contribution in [2.24, 2.45) is 0 Å². The van der Waals surface area contributed by atoms with E-state index in [-0.39, 0.29) is 11.1 Å². The number of amides is 1. The molecule has 0 radical (unpaired) electrons. The number of ether oxygens (including phenoxy) is 1. The van der Waals surface area contributed by atoms with E-state index in [0.717, 1.165) is 0 Å². The number of carbonyl (C=O) groups excluding carboxylic acids is 1. The summed E-state index contributed by atoms with van der Waals surface area (Å²) in [6, 6.07) is 6.15. The van der Waals surface area contributed by atoms with Gasteiger partial charge in [0.15, 0.2) is 6.61 Å². The van der Waals surface area contributed by atoms with Gasteiger partial charge in [-0.2, -0.15) is 5.26 Å². The van der Waals surface area contributed by atoms with Crippen LogP contribution in [0.2, 0.25) is 0 Å². The smallest absolute Gasteiger partial charge is 0.408 e. The van der Waals surface area contributed by atoms with Crippen LogP contribution in [-0.4, -0.2) is 18.6 Å². The average Bonchev–Trinajstić information content (AvgIpc) is 2.32. The largest absolute Gasteiger partial charge is 0.443 e. The molecule has 1 atom stereocenters. The maximum atomic E-state index is 13.5. The van der Waals surface area contributed by atoms with Gasteiger partial charge in [-0.3, -0.25) is 0 Å². The van der Waals surface area contributed by atoms with Gasteiger partial charge in [0.2, 0.25) is 0 Å². The zero-order valence-electron chi connectivity index (χ0n) is 8.61. The van der Waals surface area contributed by atoms with Crippen molar-refractivity contribution < 1.29 is 18.3 Å². The molecule has 1 saturated heterocycles. The first-order valence-corrected chi connectivity index (χ1v) is 4.84. The van der Waals surface area contributed by atoms with Crippen molar-refractivity contribution in [2.75, 3.05) is 6.61 Å². The highest BCUT2D eigenvalue weighted by molar-refractivity contribution is 5.69. The van der Waals surface area contributed by atoms with Crippen LogP contribution in [0.1, 0.15) is 17.2 Å². The minimum absolute atomic E-state index is 0.186. The van der Waals surface area contributed by atoms with Crippen molar-refractivity contribution in [1.29, 1.82) is 5.26 Å². The summed E-state index contributed by atoms with van der Waals surface area (Å²) in [5.41, 5.74) is 0.449. The van der Waals surface area contributed by atoms with Gasteiger partial charge in [-0.05, 0) is 17.7 Å². The molecule has 0 aromatic heterocycles. The van der Waals surface area contributed by atoms with E-state index in [9.17, 15) is 13.6 Å². The Kier molecular flexibility index (Phi) is 2.68. The standard InChI is InChI=1S/C11H8F2N2O2/c12-11(13)6-17-10(16)15-9(11)8-3-1-2-7(4-8)5-14/h1-4,9H,6H2,(H,15,16)/t9-/m1/s1. The van der Waals surface area contributed by atoms with E-state index in [0.29, 0.717) is 0 Å². The first kappa shape index (κ1) is 11.3. The third-order valence-electron chi connectivity index (χ3n) is 2.43. The van der Waals surface area contributed by atoms with Gasteiger partial charge in [-0.15, -0.1) is 0 Å². The molecule has 17 heavy (non-hydrogen) atoms. The number of hydrogen-bond donors (Lipinski definition) is 1. The molecule has 2 rings (SSSR count). The van der Waals surface area contributed by atoms with Crippen LogP contribution < -0.4 is 5.32 Å². The molecule has 0 spiro atoms. The van der Waals surface area contributed by atoms with Gasteiger partial charge in [0, 0.05) is 0 Å². The molecule has 1 heterocycles. The lowest BCUT2D eigenvalue weighted by molar-refractivity contribution is -0.104. The summed E-state index contributed by atoms with van der Waals surface area (Å²) in [6.07, 6.45) is -0.886. The molecule has 1 N–H and O–H groups in total. The van der Waals surface area contributed by atoms with Crippen molar-refractivity contribution in [1.82, 2.24) is 5.32 Å². The Morgan fingerprint density at radius 1 is 1.53 bits per heavy atom. The maximum absolute atomic E-state index is 13.5. The van der Waals surface area contributed by atoms with Gasteiger partial charge < -0.3 is 10.1 Å². The minimum Gasteiger partial charge on any atom is -0.443 e. The monoisotopic (exact) mass is 238 g/mol. The molecular weight excluding hydrogens is 230 g/mol. The Morgan fingerprint density at radius 3 is 3.00 bits per heavy atom. The number of cyclic esters (lactones) is 1. The van der Waals surface area contributed by atoms with Crippen LogP contribution in [0, 0.1) is 11.3 Å². The van der Waals surface area contributed by atoms with E-state index >= 15 is 0 Å². The molecule has 1 aliphatic heterocycles. The van der Waals surface area contributed by atoms with E-state index in [1.165, 1.54) is 24.3 Å². The molecule has 0 aliphatic carbocycles. The highest BCUT2D eigenvalue weighted by atomic mass is 19.3. The van der Waals surface area contributed by atoms with Crippen molar-refractivity contribution in [3.63, 3.8) is 0 Å². The number of carbonyl (C=O) groups is 1. The Labute approximate surface area is 95.8 Å². The summed E-state index contributed by atoms with van der Waals surface area (Å²) >= 11 is 0. The summed E-state index contributed by atoms with van der Waals surface area (Å²) in [6.45, 7) is -0.958. The number of alkyl halides is 2. The Morgan fingerprint density at radius 2 is 2.29 bits per heavy atom. The molecule has 1 fully saturated rings. The molecule has 1 aromatic rings.